The standard InChI is InChI=1S/C9H13.C8H11Si.C4H9.CH3.3ClH.Ti/c1-6-5-7(2)9(4)8(6)3;1-6-3-7(2)5-8(9)4-6;1-3-4-2;;;;;/h6H,1-4H3;3-5H,9H2,1-2H3;3H,4H2,1-2H3;1H3;3*1H;/q-1;;2*-1;;;;+3. The molecule has 1 atom stereocenters. The van der Waals surface area contributed by atoms with Crippen LogP contribution in [0.3, 0.4) is 0 Å². The molecule has 1 aromatic rings. The van der Waals surface area contributed by atoms with Crippen LogP contribution in [0.2, 0.25) is 0 Å². The molecule has 0 fully saturated rings. The van der Waals surface area contributed by atoms with Gasteiger partial charge < -0.3 is 13.8 Å². The summed E-state index contributed by atoms with van der Waals surface area (Å²) in [6.45, 7) is 17.1. The van der Waals surface area contributed by atoms with E-state index in [1.54, 1.807) is 0 Å². The van der Waals surface area contributed by atoms with Crippen molar-refractivity contribution in [1.82, 2.24) is 0 Å². The number of halogens is 3. The molecule has 156 valence electrons. The molecule has 0 bridgehead atoms. The summed E-state index contributed by atoms with van der Waals surface area (Å²) in [6.07, 6.45) is 6.68. The van der Waals surface area contributed by atoms with E-state index in [-0.39, 0.29) is 66.4 Å². The summed E-state index contributed by atoms with van der Waals surface area (Å²) in [4.78, 5) is 0. The molecule has 27 heavy (non-hydrogen) atoms. The largest absolute Gasteiger partial charge is 3.00 e. The molecule has 0 nitrogen and oxygen atoms in total. The van der Waals surface area contributed by atoms with E-state index >= 15 is 0 Å². The predicted molar refractivity (Wildman–Crippen MR) is 132 cm³/mol. The van der Waals surface area contributed by atoms with E-state index in [9.17, 15) is 0 Å². The Balaban J connectivity index is -0.0000000593. The average Bonchev–Trinajstić information content (AvgIpc) is 2.65. The van der Waals surface area contributed by atoms with E-state index < -0.39 is 0 Å². The number of hydrogen-bond acceptors (Lipinski definition) is 0. The Labute approximate surface area is 207 Å². The molecule has 0 amide bonds. The van der Waals surface area contributed by atoms with Crippen molar-refractivity contribution in [3.05, 3.63) is 66.0 Å². The van der Waals surface area contributed by atoms with E-state index in [1.165, 1.54) is 39.5 Å². The van der Waals surface area contributed by atoms with Crippen molar-refractivity contribution in [3.63, 3.8) is 0 Å². The maximum Gasteiger partial charge on any atom is 3.00 e. The zero-order valence-corrected chi connectivity index (χ0v) is 24.0. The van der Waals surface area contributed by atoms with Gasteiger partial charge in [0.15, 0.2) is 0 Å². The molecule has 1 unspecified atom stereocenters. The Morgan fingerprint density at radius 2 is 1.33 bits per heavy atom. The SMILES string of the molecule is CC1=[C-]C(C)C(C)=C1C.C[CH-]CC.Cc1cc(C)cc([SiH2])c1.Cl.Cl.Cl.[CH3-].[Ti+3]. The van der Waals surface area contributed by atoms with Gasteiger partial charge in [-0.3, -0.25) is 6.08 Å². The quantitative estimate of drug-likeness (QED) is 0.310. The van der Waals surface area contributed by atoms with Crippen molar-refractivity contribution in [3.8, 4) is 0 Å². The molecule has 1 aromatic carbocycles. The van der Waals surface area contributed by atoms with E-state index in [0.29, 0.717) is 5.92 Å². The molecule has 2 radical (unpaired) electrons. The Hall–Kier alpha value is 0.501. The van der Waals surface area contributed by atoms with Crippen molar-refractivity contribution >= 4 is 52.7 Å². The topological polar surface area (TPSA) is 0 Å². The summed E-state index contributed by atoms with van der Waals surface area (Å²) in [5, 5.41) is 1.38. The first-order chi connectivity index (χ1) is 10.2. The van der Waals surface area contributed by atoms with Gasteiger partial charge in [0.1, 0.15) is 0 Å². The van der Waals surface area contributed by atoms with E-state index in [1.807, 2.05) is 10.2 Å². The summed E-state index contributed by atoms with van der Waals surface area (Å²) in [6, 6.07) is 6.59. The van der Waals surface area contributed by atoms with Crippen LogP contribution in [-0.2, 0) is 21.7 Å². The maximum absolute atomic E-state index is 3.36. The second kappa shape index (κ2) is 22.8. The number of unbranched alkanes of at least 4 members (excludes halogenated alkanes) is 1. The minimum atomic E-state index is 0. The fourth-order valence-corrected chi connectivity index (χ4v) is 2.87. The molecule has 0 spiro atoms. The second-order valence-corrected chi connectivity index (χ2v) is 6.93. The molecule has 0 saturated carbocycles. The smallest absolute Gasteiger partial charge is 0.358 e. The molecule has 0 heterocycles. The van der Waals surface area contributed by atoms with Crippen LogP contribution in [0.25, 0.3) is 0 Å². The summed E-state index contributed by atoms with van der Waals surface area (Å²) >= 11 is 0. The van der Waals surface area contributed by atoms with E-state index in [4.69, 9.17) is 0 Å². The first kappa shape index (κ1) is 41.8. The Bertz CT molecular complexity index is 488. The monoisotopic (exact) mass is 484 g/mol. The first-order valence-electron chi connectivity index (χ1n) is 8.18. The number of hydrogen-bond donors (Lipinski definition) is 0. The van der Waals surface area contributed by atoms with Crippen LogP contribution in [0.5, 0.6) is 0 Å². The third-order valence-corrected chi connectivity index (χ3v) is 4.33. The van der Waals surface area contributed by atoms with Crippen LogP contribution in [-0.4, -0.2) is 10.2 Å². The fourth-order valence-electron chi connectivity index (χ4n) is 2.23. The van der Waals surface area contributed by atoms with Crippen LogP contribution in [0.4, 0.5) is 0 Å². The third-order valence-electron chi connectivity index (χ3n) is 3.93. The van der Waals surface area contributed by atoms with E-state index in [2.05, 4.69) is 86.1 Å². The van der Waals surface area contributed by atoms with Gasteiger partial charge in [-0.15, -0.1) is 44.1 Å². The summed E-state index contributed by atoms with van der Waals surface area (Å²) in [7, 11) is 1.93. The maximum atomic E-state index is 3.36. The number of rotatable bonds is 1. The van der Waals surface area contributed by atoms with Gasteiger partial charge in [0.25, 0.3) is 0 Å². The Morgan fingerprint density at radius 1 is 0.963 bits per heavy atom. The van der Waals surface area contributed by atoms with Gasteiger partial charge in [0.05, 0.1) is 0 Å². The van der Waals surface area contributed by atoms with Gasteiger partial charge in [-0.2, -0.15) is 24.5 Å². The summed E-state index contributed by atoms with van der Waals surface area (Å²) in [5.74, 6) is 0.560. The zero-order valence-electron chi connectivity index (χ0n) is 18.5. The Kier molecular flexibility index (Phi) is 35.3. The van der Waals surface area contributed by atoms with Crippen molar-refractivity contribution < 1.29 is 21.7 Å². The van der Waals surface area contributed by atoms with Gasteiger partial charge in [-0.1, -0.05) is 68.1 Å². The number of aryl methyl sites for hydroxylation is 2. The average molecular weight is 486 g/mol. The van der Waals surface area contributed by atoms with Crippen LogP contribution in [0.1, 0.15) is 59.1 Å². The third kappa shape index (κ3) is 18.3. The van der Waals surface area contributed by atoms with Crippen molar-refractivity contribution in [1.29, 1.82) is 0 Å². The zero-order chi connectivity index (χ0) is 17.3. The van der Waals surface area contributed by atoms with Crippen molar-refractivity contribution in [2.24, 2.45) is 5.92 Å². The van der Waals surface area contributed by atoms with Crippen LogP contribution < -0.4 is 5.19 Å². The summed E-state index contributed by atoms with van der Waals surface area (Å²) < 4.78 is 0. The molecular formula is C22H39Cl3SiTi. The number of benzene rings is 1. The van der Waals surface area contributed by atoms with Gasteiger partial charge in [0, 0.05) is 10.2 Å². The first-order valence-corrected chi connectivity index (χ1v) is 8.89. The molecule has 1 aliphatic rings. The second-order valence-electron chi connectivity index (χ2n) is 6.11. The van der Waals surface area contributed by atoms with Gasteiger partial charge in [-0.25, -0.2) is 5.57 Å². The molecule has 0 saturated heterocycles. The van der Waals surface area contributed by atoms with Crippen LogP contribution >= 0.6 is 37.2 Å². The minimum absolute atomic E-state index is 0. The van der Waals surface area contributed by atoms with E-state index in [0.717, 1.165) is 0 Å². The number of allylic oxidation sites excluding steroid dienone is 4. The molecule has 0 aliphatic heterocycles. The van der Waals surface area contributed by atoms with Crippen molar-refractivity contribution in [2.75, 3.05) is 0 Å². The molecule has 0 aromatic heterocycles. The molecule has 5 heteroatoms. The molecular weight excluding hydrogens is 447 g/mol. The van der Waals surface area contributed by atoms with Gasteiger partial charge in [-0.05, 0) is 13.8 Å². The van der Waals surface area contributed by atoms with Gasteiger partial charge in [0.2, 0.25) is 0 Å². The minimum Gasteiger partial charge on any atom is -0.358 e. The van der Waals surface area contributed by atoms with Crippen LogP contribution in [0, 0.1) is 39.7 Å². The molecule has 1 aliphatic carbocycles. The predicted octanol–water partition coefficient (Wildman–Crippen LogP) is 6.62. The van der Waals surface area contributed by atoms with Crippen LogP contribution in [0.15, 0.2) is 34.9 Å². The fraction of sp³-hybridized carbons (Fsp3) is 0.455. The Morgan fingerprint density at radius 3 is 1.48 bits per heavy atom. The molecule has 0 N–H and O–H groups in total. The van der Waals surface area contributed by atoms with Gasteiger partial charge >= 0.3 is 21.7 Å². The normalized spacial score (nSPS) is 13.4. The summed E-state index contributed by atoms with van der Waals surface area (Å²) in [5.41, 5.74) is 6.97. The molecule has 2 rings (SSSR count). The van der Waals surface area contributed by atoms with Crippen molar-refractivity contribution in [2.45, 2.75) is 61.8 Å².